The molecule has 1 atom stereocenters. The van der Waals surface area contributed by atoms with E-state index in [4.69, 9.17) is 4.74 Å². The Labute approximate surface area is 119 Å². The summed E-state index contributed by atoms with van der Waals surface area (Å²) in [7, 11) is 0. The second-order valence-electron chi connectivity index (χ2n) is 5.69. The highest BCUT2D eigenvalue weighted by Crippen LogP contribution is 2.21. The van der Waals surface area contributed by atoms with Gasteiger partial charge >= 0.3 is 0 Å². The highest BCUT2D eigenvalue weighted by Gasteiger charge is 2.25. The molecule has 4 heteroatoms. The SMILES string of the molecule is CC(C)C(=O)N1CCCC(COc2ccccc2F)C1. The zero-order valence-electron chi connectivity index (χ0n) is 12.1. The van der Waals surface area contributed by atoms with Crippen molar-refractivity contribution in [3.8, 4) is 5.75 Å². The maximum Gasteiger partial charge on any atom is 0.225 e. The van der Waals surface area contributed by atoms with E-state index >= 15 is 0 Å². The third-order valence-electron chi connectivity index (χ3n) is 3.64. The molecule has 0 saturated carbocycles. The molecule has 1 unspecified atom stereocenters. The molecule has 0 N–H and O–H groups in total. The van der Waals surface area contributed by atoms with Gasteiger partial charge in [-0.25, -0.2) is 4.39 Å². The summed E-state index contributed by atoms with van der Waals surface area (Å²) in [5.74, 6) is 0.464. The number of amides is 1. The Morgan fingerprint density at radius 3 is 2.90 bits per heavy atom. The van der Waals surface area contributed by atoms with Crippen LogP contribution in [0.3, 0.4) is 0 Å². The van der Waals surface area contributed by atoms with Crippen molar-refractivity contribution >= 4 is 5.91 Å². The van der Waals surface area contributed by atoms with Gasteiger partial charge in [0.05, 0.1) is 6.61 Å². The van der Waals surface area contributed by atoms with Gasteiger partial charge in [-0.05, 0) is 25.0 Å². The van der Waals surface area contributed by atoms with Gasteiger partial charge in [0.15, 0.2) is 11.6 Å². The van der Waals surface area contributed by atoms with Crippen LogP contribution in [0.1, 0.15) is 26.7 Å². The topological polar surface area (TPSA) is 29.5 Å². The lowest BCUT2D eigenvalue weighted by molar-refractivity contribution is -0.136. The number of carbonyl (C=O) groups is 1. The van der Waals surface area contributed by atoms with Crippen molar-refractivity contribution in [2.45, 2.75) is 26.7 Å². The molecule has 1 heterocycles. The van der Waals surface area contributed by atoms with Gasteiger partial charge in [0, 0.05) is 24.9 Å². The second-order valence-corrected chi connectivity index (χ2v) is 5.69. The first-order valence-corrected chi connectivity index (χ1v) is 7.24. The van der Waals surface area contributed by atoms with Gasteiger partial charge in [0.1, 0.15) is 0 Å². The van der Waals surface area contributed by atoms with Crippen LogP contribution in [0.25, 0.3) is 0 Å². The van der Waals surface area contributed by atoms with Gasteiger partial charge in [-0.15, -0.1) is 0 Å². The molecule has 110 valence electrons. The molecule has 1 aromatic carbocycles. The van der Waals surface area contributed by atoms with Gasteiger partial charge in [-0.2, -0.15) is 0 Å². The first-order valence-electron chi connectivity index (χ1n) is 7.24. The van der Waals surface area contributed by atoms with E-state index < -0.39 is 0 Å². The number of hydrogen-bond acceptors (Lipinski definition) is 2. The van der Waals surface area contributed by atoms with E-state index in [1.54, 1.807) is 18.2 Å². The minimum Gasteiger partial charge on any atom is -0.490 e. The highest BCUT2D eigenvalue weighted by molar-refractivity contribution is 5.78. The average Bonchev–Trinajstić information content (AvgIpc) is 2.46. The predicted molar refractivity (Wildman–Crippen MR) is 76.0 cm³/mol. The molecule has 1 aliphatic heterocycles. The van der Waals surface area contributed by atoms with Crippen molar-refractivity contribution in [2.75, 3.05) is 19.7 Å². The standard InChI is InChI=1S/C16H22FNO2/c1-12(2)16(19)18-9-5-6-13(10-18)11-20-15-8-4-3-7-14(15)17/h3-4,7-8,12-13H,5-6,9-11H2,1-2H3. The molecule has 0 bridgehead atoms. The highest BCUT2D eigenvalue weighted by atomic mass is 19.1. The molecule has 0 spiro atoms. The number of para-hydroxylation sites is 1. The average molecular weight is 279 g/mol. The Bertz CT molecular complexity index is 462. The molecule has 0 radical (unpaired) electrons. The van der Waals surface area contributed by atoms with Gasteiger partial charge in [-0.1, -0.05) is 26.0 Å². The summed E-state index contributed by atoms with van der Waals surface area (Å²) in [6, 6.07) is 6.43. The summed E-state index contributed by atoms with van der Waals surface area (Å²) >= 11 is 0. The zero-order chi connectivity index (χ0) is 14.5. The molecule has 1 aromatic rings. The molecule has 1 saturated heterocycles. The molecule has 1 amide bonds. The van der Waals surface area contributed by atoms with Crippen LogP contribution in [0.15, 0.2) is 24.3 Å². The summed E-state index contributed by atoms with van der Waals surface area (Å²) in [4.78, 5) is 13.9. The van der Waals surface area contributed by atoms with E-state index in [1.807, 2.05) is 18.7 Å². The molecule has 3 nitrogen and oxygen atoms in total. The van der Waals surface area contributed by atoms with Gasteiger partial charge in [0.2, 0.25) is 5.91 Å². The van der Waals surface area contributed by atoms with E-state index in [-0.39, 0.29) is 23.6 Å². The van der Waals surface area contributed by atoms with Crippen molar-refractivity contribution in [1.82, 2.24) is 4.90 Å². The number of piperidine rings is 1. The van der Waals surface area contributed by atoms with Crippen LogP contribution in [0, 0.1) is 17.7 Å². The van der Waals surface area contributed by atoms with Gasteiger partial charge in [-0.3, -0.25) is 4.79 Å². The van der Waals surface area contributed by atoms with E-state index in [0.29, 0.717) is 18.9 Å². The molecule has 1 aliphatic rings. The number of carbonyl (C=O) groups excluding carboxylic acids is 1. The first kappa shape index (κ1) is 14.8. The van der Waals surface area contributed by atoms with Gasteiger partial charge < -0.3 is 9.64 Å². The van der Waals surface area contributed by atoms with Crippen molar-refractivity contribution in [3.05, 3.63) is 30.1 Å². The van der Waals surface area contributed by atoms with E-state index in [1.165, 1.54) is 6.07 Å². The van der Waals surface area contributed by atoms with Crippen LogP contribution in [0.5, 0.6) is 5.75 Å². The normalized spacial score (nSPS) is 19.2. The molecule has 1 fully saturated rings. The van der Waals surface area contributed by atoms with Crippen molar-refractivity contribution in [3.63, 3.8) is 0 Å². The molecular weight excluding hydrogens is 257 g/mol. The Kier molecular flexibility index (Phi) is 4.99. The monoisotopic (exact) mass is 279 g/mol. The Morgan fingerprint density at radius 1 is 1.45 bits per heavy atom. The lowest BCUT2D eigenvalue weighted by atomic mass is 9.98. The van der Waals surface area contributed by atoms with Crippen molar-refractivity contribution < 1.29 is 13.9 Å². The van der Waals surface area contributed by atoms with E-state index in [9.17, 15) is 9.18 Å². The minimum atomic E-state index is -0.335. The molecule has 0 aliphatic carbocycles. The van der Waals surface area contributed by atoms with Crippen LogP contribution in [0.4, 0.5) is 4.39 Å². The second kappa shape index (κ2) is 6.73. The third-order valence-corrected chi connectivity index (χ3v) is 3.64. The Balaban J connectivity index is 1.87. The Morgan fingerprint density at radius 2 is 2.20 bits per heavy atom. The van der Waals surface area contributed by atoms with Crippen LogP contribution in [-0.2, 0) is 4.79 Å². The predicted octanol–water partition coefficient (Wildman–Crippen LogP) is 3.10. The molecule has 20 heavy (non-hydrogen) atoms. The van der Waals surface area contributed by atoms with Crippen LogP contribution >= 0.6 is 0 Å². The molecule has 0 aromatic heterocycles. The number of rotatable bonds is 4. The van der Waals surface area contributed by atoms with E-state index in [0.717, 1.165) is 19.4 Å². The lowest BCUT2D eigenvalue weighted by Gasteiger charge is -2.33. The van der Waals surface area contributed by atoms with Crippen molar-refractivity contribution in [2.24, 2.45) is 11.8 Å². The number of hydrogen-bond donors (Lipinski definition) is 0. The fraction of sp³-hybridized carbons (Fsp3) is 0.562. The third kappa shape index (κ3) is 3.71. The van der Waals surface area contributed by atoms with Crippen molar-refractivity contribution in [1.29, 1.82) is 0 Å². The van der Waals surface area contributed by atoms with Crippen LogP contribution in [0.2, 0.25) is 0 Å². The number of halogens is 1. The quantitative estimate of drug-likeness (QED) is 0.847. The number of ether oxygens (including phenoxy) is 1. The summed E-state index contributed by atoms with van der Waals surface area (Å²) in [6.45, 7) is 5.84. The Hall–Kier alpha value is -1.58. The maximum atomic E-state index is 13.5. The van der Waals surface area contributed by atoms with Crippen LogP contribution < -0.4 is 4.74 Å². The molecular formula is C16H22FNO2. The number of benzene rings is 1. The fourth-order valence-electron chi connectivity index (χ4n) is 2.54. The van der Waals surface area contributed by atoms with Gasteiger partial charge in [0.25, 0.3) is 0 Å². The number of likely N-dealkylation sites (tertiary alicyclic amines) is 1. The fourth-order valence-corrected chi connectivity index (χ4v) is 2.54. The lowest BCUT2D eigenvalue weighted by Crippen LogP contribution is -2.43. The van der Waals surface area contributed by atoms with E-state index in [2.05, 4.69) is 0 Å². The summed E-state index contributed by atoms with van der Waals surface area (Å²) in [6.07, 6.45) is 2.01. The largest absolute Gasteiger partial charge is 0.490 e. The minimum absolute atomic E-state index is 0.0289. The van der Waals surface area contributed by atoms with Crippen LogP contribution in [-0.4, -0.2) is 30.5 Å². The molecule has 2 rings (SSSR count). The smallest absolute Gasteiger partial charge is 0.225 e. The summed E-state index contributed by atoms with van der Waals surface area (Å²) in [5.41, 5.74) is 0. The maximum absolute atomic E-state index is 13.5. The zero-order valence-corrected chi connectivity index (χ0v) is 12.1. The first-order chi connectivity index (χ1) is 9.58. The summed E-state index contributed by atoms with van der Waals surface area (Å²) in [5, 5.41) is 0. The summed E-state index contributed by atoms with van der Waals surface area (Å²) < 4.78 is 19.0. The number of nitrogens with zero attached hydrogens (tertiary/aromatic N) is 1.